The molecule has 0 radical (unpaired) electrons. The van der Waals surface area contributed by atoms with Gasteiger partial charge in [0.05, 0.1) is 42.3 Å². The largest absolute Gasteiger partial charge is 0.416 e. The number of halogens is 7. The van der Waals surface area contributed by atoms with E-state index in [0.717, 1.165) is 5.56 Å². The van der Waals surface area contributed by atoms with Crippen molar-refractivity contribution in [3.05, 3.63) is 70.8 Å². The van der Waals surface area contributed by atoms with Crippen LogP contribution in [0, 0.1) is 11.8 Å². The highest BCUT2D eigenvalue weighted by molar-refractivity contribution is 6.19. The molecule has 34 heavy (non-hydrogen) atoms. The second kappa shape index (κ2) is 11.0. The first-order valence-electron chi connectivity index (χ1n) is 10.4. The Morgan fingerprint density at radius 3 is 2.21 bits per heavy atom. The fourth-order valence-corrected chi connectivity index (χ4v) is 3.79. The van der Waals surface area contributed by atoms with Gasteiger partial charge in [-0.3, -0.25) is 4.90 Å². The van der Waals surface area contributed by atoms with Gasteiger partial charge in [-0.1, -0.05) is 42.2 Å². The van der Waals surface area contributed by atoms with Crippen LogP contribution in [0.15, 0.2) is 48.5 Å². The van der Waals surface area contributed by atoms with E-state index in [-0.39, 0.29) is 24.1 Å². The Balaban J connectivity index is 1.93. The van der Waals surface area contributed by atoms with Crippen LogP contribution in [-0.2, 0) is 21.8 Å². The van der Waals surface area contributed by atoms with Gasteiger partial charge < -0.3 is 9.47 Å². The van der Waals surface area contributed by atoms with Gasteiger partial charge in [0.2, 0.25) is 0 Å². The summed E-state index contributed by atoms with van der Waals surface area (Å²) in [4.78, 5) is 1.98. The molecule has 2 unspecified atom stereocenters. The van der Waals surface area contributed by atoms with Gasteiger partial charge >= 0.3 is 12.4 Å². The van der Waals surface area contributed by atoms with Crippen LogP contribution in [-0.4, -0.2) is 36.8 Å². The van der Waals surface area contributed by atoms with E-state index in [1.807, 2.05) is 35.2 Å². The highest BCUT2D eigenvalue weighted by Crippen LogP contribution is 2.39. The van der Waals surface area contributed by atoms with Gasteiger partial charge in [-0.05, 0) is 36.2 Å². The molecule has 1 heterocycles. The zero-order chi connectivity index (χ0) is 24.9. The van der Waals surface area contributed by atoms with E-state index in [1.54, 1.807) is 0 Å². The minimum absolute atomic E-state index is 0.0946. The van der Waals surface area contributed by atoms with Crippen molar-refractivity contribution >= 4 is 11.6 Å². The first kappa shape index (κ1) is 26.4. The van der Waals surface area contributed by atoms with Gasteiger partial charge in [-0.2, -0.15) is 26.3 Å². The smallest absolute Gasteiger partial charge is 0.349 e. The third-order valence-corrected chi connectivity index (χ3v) is 5.48. The van der Waals surface area contributed by atoms with E-state index in [9.17, 15) is 26.3 Å². The predicted octanol–water partition coefficient (Wildman–Crippen LogP) is 6.44. The normalized spacial score (nSPS) is 20.5. The fraction of sp³-hybridized carbons (Fsp3) is 0.417. The molecule has 10 heteroatoms. The van der Waals surface area contributed by atoms with Crippen molar-refractivity contribution in [3.8, 4) is 11.8 Å². The molecule has 2 aromatic carbocycles. The number of nitrogens with zero attached hydrogens (tertiary/aromatic N) is 1. The molecule has 1 fully saturated rings. The number of hydrogen-bond acceptors (Lipinski definition) is 3. The molecule has 0 N–H and O–H groups in total. The molecule has 0 aliphatic carbocycles. The third-order valence-electron chi connectivity index (χ3n) is 5.34. The second-order valence-electron chi connectivity index (χ2n) is 7.67. The average molecular weight is 506 g/mol. The SMILES string of the molecule is C[C@@H](OC1OCCN(CC#CCCl)C1c1ccccc1)c1cc(C(F)(F)F)cc(C(F)(F)F)c1. The van der Waals surface area contributed by atoms with Gasteiger partial charge in [0.1, 0.15) is 0 Å². The molecule has 0 spiro atoms. The summed E-state index contributed by atoms with van der Waals surface area (Å²) in [5.74, 6) is 5.87. The maximum atomic E-state index is 13.3. The second-order valence-corrected chi connectivity index (χ2v) is 7.94. The highest BCUT2D eigenvalue weighted by atomic mass is 35.5. The fourth-order valence-electron chi connectivity index (χ4n) is 3.70. The Kier molecular flexibility index (Phi) is 8.52. The summed E-state index contributed by atoms with van der Waals surface area (Å²) in [6.45, 7) is 2.49. The van der Waals surface area contributed by atoms with Crippen LogP contribution >= 0.6 is 11.6 Å². The third kappa shape index (κ3) is 6.66. The quantitative estimate of drug-likeness (QED) is 0.265. The minimum atomic E-state index is -4.94. The predicted molar refractivity (Wildman–Crippen MR) is 115 cm³/mol. The number of ether oxygens (including phenoxy) is 2. The van der Waals surface area contributed by atoms with Crippen LogP contribution in [0.4, 0.5) is 26.3 Å². The van der Waals surface area contributed by atoms with E-state index < -0.39 is 41.9 Å². The van der Waals surface area contributed by atoms with Crippen LogP contribution in [0.5, 0.6) is 0 Å². The van der Waals surface area contributed by atoms with Crippen molar-refractivity contribution in [2.24, 2.45) is 0 Å². The summed E-state index contributed by atoms with van der Waals surface area (Å²) in [5.41, 5.74) is -2.23. The van der Waals surface area contributed by atoms with Crippen molar-refractivity contribution in [2.45, 2.75) is 37.7 Å². The Hall–Kier alpha value is -2.25. The highest BCUT2D eigenvalue weighted by Gasteiger charge is 2.39. The summed E-state index contributed by atoms with van der Waals surface area (Å²) in [6, 6.07) is 10.1. The molecule has 3 nitrogen and oxygen atoms in total. The van der Waals surface area contributed by atoms with Gasteiger partial charge in [0.25, 0.3) is 0 Å². The molecule has 3 rings (SSSR count). The molecule has 184 valence electrons. The molecular formula is C24H22ClF6NO2. The Bertz CT molecular complexity index is 984. The van der Waals surface area contributed by atoms with E-state index in [0.29, 0.717) is 25.2 Å². The van der Waals surface area contributed by atoms with Crippen molar-refractivity contribution in [2.75, 3.05) is 25.6 Å². The van der Waals surface area contributed by atoms with E-state index in [1.165, 1.54) is 6.92 Å². The molecule has 0 bridgehead atoms. The molecule has 0 amide bonds. The number of alkyl halides is 7. The van der Waals surface area contributed by atoms with Crippen LogP contribution in [0.3, 0.4) is 0 Å². The van der Waals surface area contributed by atoms with Crippen LogP contribution in [0.2, 0.25) is 0 Å². The molecule has 0 saturated carbocycles. The standard InChI is InChI=1S/C24H22ClF6NO2/c1-16(18-13-19(23(26,27)28)15-20(14-18)24(29,30)31)34-22-21(17-7-3-2-4-8-17)32(11-12-33-22)10-6-5-9-25/h2-4,7-8,13-16,21-22H,9-12H2,1H3/t16-,21?,22?/m1/s1. The molecular weight excluding hydrogens is 484 g/mol. The number of morpholine rings is 1. The lowest BCUT2D eigenvalue weighted by atomic mass is 10.0. The summed E-state index contributed by atoms with van der Waals surface area (Å²) in [7, 11) is 0. The first-order valence-corrected chi connectivity index (χ1v) is 10.9. The van der Waals surface area contributed by atoms with Gasteiger partial charge in [-0.15, -0.1) is 11.6 Å². The Labute approximate surface area is 198 Å². The van der Waals surface area contributed by atoms with Crippen LogP contribution < -0.4 is 0 Å². The monoisotopic (exact) mass is 505 g/mol. The summed E-state index contributed by atoms with van der Waals surface area (Å²) in [6.07, 6.45) is -12.0. The van der Waals surface area contributed by atoms with E-state index in [4.69, 9.17) is 21.1 Å². The molecule has 1 saturated heterocycles. The minimum Gasteiger partial charge on any atom is -0.349 e. The van der Waals surface area contributed by atoms with Crippen LogP contribution in [0.25, 0.3) is 0 Å². The van der Waals surface area contributed by atoms with E-state index in [2.05, 4.69) is 11.8 Å². The maximum absolute atomic E-state index is 13.3. The van der Waals surface area contributed by atoms with Crippen molar-refractivity contribution in [1.29, 1.82) is 0 Å². The average Bonchev–Trinajstić information content (AvgIpc) is 2.78. The Morgan fingerprint density at radius 2 is 1.65 bits per heavy atom. The molecule has 1 aliphatic rings. The van der Waals surface area contributed by atoms with Gasteiger partial charge in [0.15, 0.2) is 6.29 Å². The topological polar surface area (TPSA) is 21.7 Å². The zero-order valence-electron chi connectivity index (χ0n) is 18.1. The van der Waals surface area contributed by atoms with Crippen molar-refractivity contribution in [3.63, 3.8) is 0 Å². The van der Waals surface area contributed by atoms with Crippen LogP contribution in [0.1, 0.15) is 41.3 Å². The summed E-state index contributed by atoms with van der Waals surface area (Å²) < 4.78 is 91.4. The lowest BCUT2D eigenvalue weighted by Gasteiger charge is -2.41. The molecule has 1 aliphatic heterocycles. The first-order chi connectivity index (χ1) is 16.0. The molecule has 2 aromatic rings. The lowest BCUT2D eigenvalue weighted by molar-refractivity contribution is -0.228. The number of benzene rings is 2. The number of hydrogen-bond donors (Lipinski definition) is 0. The van der Waals surface area contributed by atoms with Crippen molar-refractivity contribution < 1.29 is 35.8 Å². The summed E-state index contributed by atoms with van der Waals surface area (Å²) in [5, 5.41) is 0. The molecule has 0 aromatic heterocycles. The lowest BCUT2D eigenvalue weighted by Crippen LogP contribution is -2.46. The van der Waals surface area contributed by atoms with E-state index >= 15 is 0 Å². The number of rotatable bonds is 5. The Morgan fingerprint density at radius 1 is 1.03 bits per heavy atom. The van der Waals surface area contributed by atoms with Gasteiger partial charge in [0, 0.05) is 6.54 Å². The summed E-state index contributed by atoms with van der Waals surface area (Å²) >= 11 is 5.63. The van der Waals surface area contributed by atoms with Gasteiger partial charge in [-0.25, -0.2) is 0 Å². The zero-order valence-corrected chi connectivity index (χ0v) is 18.8. The molecule has 3 atom stereocenters. The van der Waals surface area contributed by atoms with Crippen molar-refractivity contribution in [1.82, 2.24) is 4.90 Å². The maximum Gasteiger partial charge on any atom is 0.416 e.